The van der Waals surface area contributed by atoms with E-state index in [4.69, 9.17) is 4.74 Å². The number of hydrogen-bond donors (Lipinski definition) is 2. The quantitative estimate of drug-likeness (QED) is 0.387. The number of amides is 1. The van der Waals surface area contributed by atoms with Crippen molar-refractivity contribution in [1.29, 1.82) is 0 Å². The first kappa shape index (κ1) is 22.0. The minimum absolute atomic E-state index is 0.138. The highest BCUT2D eigenvalue weighted by Gasteiger charge is 2.12. The number of hydrogen-bond acceptors (Lipinski definition) is 5. The summed E-state index contributed by atoms with van der Waals surface area (Å²) in [5.74, 6) is 1.96. The lowest BCUT2D eigenvalue weighted by molar-refractivity contribution is 0.0940. The molecule has 1 heterocycles. The molecule has 0 saturated heterocycles. The van der Waals surface area contributed by atoms with Gasteiger partial charge in [0.05, 0.1) is 13.2 Å². The van der Waals surface area contributed by atoms with Gasteiger partial charge in [0.2, 0.25) is 0 Å². The summed E-state index contributed by atoms with van der Waals surface area (Å²) in [6.45, 7) is 4.00. The van der Waals surface area contributed by atoms with E-state index in [0.717, 1.165) is 22.6 Å². The van der Waals surface area contributed by atoms with Gasteiger partial charge in [-0.05, 0) is 61.9 Å². The molecule has 0 radical (unpaired) electrons. The highest BCUT2D eigenvalue weighted by atomic mass is 16.5. The molecular weight excluding hydrogens is 412 g/mol. The fourth-order valence-electron chi connectivity index (χ4n) is 3.40. The molecular formula is C27H26N4O2. The summed E-state index contributed by atoms with van der Waals surface area (Å²) >= 11 is 0. The Morgan fingerprint density at radius 2 is 1.73 bits per heavy atom. The molecule has 6 nitrogen and oxygen atoms in total. The standard InChI is InChI=1S/C27H26N4O2/c1-18-7-9-20(10-8-18)26-28-16-15-25(31-26)30-23-13-11-21(12-14-23)27(32)29-19(2)22-5-4-6-24(17-22)33-3/h4-17,19H,1-3H3,(H,29,32)(H,28,30,31). The Morgan fingerprint density at radius 3 is 2.45 bits per heavy atom. The van der Waals surface area contributed by atoms with Gasteiger partial charge in [-0.1, -0.05) is 42.0 Å². The first-order valence-corrected chi connectivity index (χ1v) is 10.7. The first-order valence-electron chi connectivity index (χ1n) is 10.7. The number of nitrogens with zero attached hydrogens (tertiary/aromatic N) is 2. The zero-order valence-electron chi connectivity index (χ0n) is 18.9. The van der Waals surface area contributed by atoms with Gasteiger partial charge in [-0.3, -0.25) is 4.79 Å². The van der Waals surface area contributed by atoms with Crippen molar-refractivity contribution in [3.05, 3.63) is 102 Å². The molecule has 4 rings (SSSR count). The number of carbonyl (C=O) groups excluding carboxylic acids is 1. The van der Waals surface area contributed by atoms with Crippen molar-refractivity contribution in [2.24, 2.45) is 0 Å². The molecule has 33 heavy (non-hydrogen) atoms. The van der Waals surface area contributed by atoms with E-state index in [-0.39, 0.29) is 11.9 Å². The molecule has 1 aromatic heterocycles. The second-order valence-corrected chi connectivity index (χ2v) is 7.81. The molecule has 0 spiro atoms. The minimum Gasteiger partial charge on any atom is -0.497 e. The van der Waals surface area contributed by atoms with Crippen molar-refractivity contribution in [1.82, 2.24) is 15.3 Å². The maximum absolute atomic E-state index is 12.7. The lowest BCUT2D eigenvalue weighted by Crippen LogP contribution is -2.26. The molecule has 0 bridgehead atoms. The van der Waals surface area contributed by atoms with E-state index in [1.165, 1.54) is 5.56 Å². The highest BCUT2D eigenvalue weighted by Crippen LogP contribution is 2.21. The van der Waals surface area contributed by atoms with E-state index in [9.17, 15) is 4.79 Å². The maximum atomic E-state index is 12.7. The Bertz CT molecular complexity index is 1240. The summed E-state index contributed by atoms with van der Waals surface area (Å²) in [6.07, 6.45) is 1.73. The molecule has 1 amide bonds. The first-order chi connectivity index (χ1) is 16.0. The number of rotatable bonds is 7. The average Bonchev–Trinajstić information content (AvgIpc) is 2.85. The van der Waals surface area contributed by atoms with Gasteiger partial charge in [-0.15, -0.1) is 0 Å². The summed E-state index contributed by atoms with van der Waals surface area (Å²) in [5.41, 5.74) is 4.55. The van der Waals surface area contributed by atoms with Gasteiger partial charge in [0.15, 0.2) is 5.82 Å². The van der Waals surface area contributed by atoms with E-state index in [0.29, 0.717) is 17.2 Å². The van der Waals surface area contributed by atoms with Crippen molar-refractivity contribution >= 4 is 17.4 Å². The zero-order chi connectivity index (χ0) is 23.2. The largest absolute Gasteiger partial charge is 0.497 e. The number of methoxy groups -OCH3 is 1. The van der Waals surface area contributed by atoms with Crippen LogP contribution in [0.4, 0.5) is 11.5 Å². The lowest BCUT2D eigenvalue weighted by atomic mass is 10.1. The molecule has 3 aromatic carbocycles. The molecule has 2 N–H and O–H groups in total. The van der Waals surface area contributed by atoms with Gasteiger partial charge in [-0.25, -0.2) is 9.97 Å². The number of carbonyl (C=O) groups is 1. The third-order valence-electron chi connectivity index (χ3n) is 5.33. The second-order valence-electron chi connectivity index (χ2n) is 7.81. The summed E-state index contributed by atoms with van der Waals surface area (Å²) in [4.78, 5) is 21.7. The fourth-order valence-corrected chi connectivity index (χ4v) is 3.40. The van der Waals surface area contributed by atoms with Gasteiger partial charge in [-0.2, -0.15) is 0 Å². The number of benzene rings is 3. The van der Waals surface area contributed by atoms with Gasteiger partial charge in [0, 0.05) is 23.0 Å². The van der Waals surface area contributed by atoms with Crippen LogP contribution in [0.2, 0.25) is 0 Å². The Morgan fingerprint density at radius 1 is 0.970 bits per heavy atom. The third-order valence-corrected chi connectivity index (χ3v) is 5.33. The van der Waals surface area contributed by atoms with E-state index in [2.05, 4.69) is 20.6 Å². The topological polar surface area (TPSA) is 76.1 Å². The summed E-state index contributed by atoms with van der Waals surface area (Å²) in [5, 5.41) is 6.30. The minimum atomic E-state index is -0.147. The zero-order valence-corrected chi connectivity index (χ0v) is 18.9. The normalized spacial score (nSPS) is 11.5. The van der Waals surface area contributed by atoms with Crippen molar-refractivity contribution in [3.8, 4) is 17.1 Å². The van der Waals surface area contributed by atoms with Crippen LogP contribution in [0.5, 0.6) is 5.75 Å². The van der Waals surface area contributed by atoms with Crippen LogP contribution in [0.1, 0.15) is 34.5 Å². The average molecular weight is 439 g/mol. The van der Waals surface area contributed by atoms with E-state index >= 15 is 0 Å². The molecule has 0 aliphatic carbocycles. The van der Waals surface area contributed by atoms with Gasteiger partial charge in [0.1, 0.15) is 11.6 Å². The van der Waals surface area contributed by atoms with Crippen LogP contribution < -0.4 is 15.4 Å². The smallest absolute Gasteiger partial charge is 0.251 e. The van der Waals surface area contributed by atoms with Crippen molar-refractivity contribution in [2.45, 2.75) is 19.9 Å². The number of aromatic nitrogens is 2. The van der Waals surface area contributed by atoms with Crippen LogP contribution in [0.25, 0.3) is 11.4 Å². The Labute approximate surface area is 193 Å². The highest BCUT2D eigenvalue weighted by molar-refractivity contribution is 5.94. The van der Waals surface area contributed by atoms with Crippen LogP contribution in [-0.4, -0.2) is 23.0 Å². The van der Waals surface area contributed by atoms with Crippen LogP contribution in [0, 0.1) is 6.92 Å². The van der Waals surface area contributed by atoms with Gasteiger partial charge in [0.25, 0.3) is 5.91 Å². The van der Waals surface area contributed by atoms with Crippen molar-refractivity contribution < 1.29 is 9.53 Å². The number of anilines is 2. The van der Waals surface area contributed by atoms with Crippen molar-refractivity contribution in [2.75, 3.05) is 12.4 Å². The third kappa shape index (κ3) is 5.54. The Balaban J connectivity index is 1.41. The van der Waals surface area contributed by atoms with Gasteiger partial charge >= 0.3 is 0 Å². The van der Waals surface area contributed by atoms with Crippen LogP contribution in [-0.2, 0) is 0 Å². The van der Waals surface area contributed by atoms with Crippen LogP contribution >= 0.6 is 0 Å². The van der Waals surface area contributed by atoms with Crippen LogP contribution in [0.15, 0.2) is 85.1 Å². The lowest BCUT2D eigenvalue weighted by Gasteiger charge is -2.15. The summed E-state index contributed by atoms with van der Waals surface area (Å²) in [6, 6.07) is 24.7. The monoisotopic (exact) mass is 438 g/mol. The number of ether oxygens (including phenoxy) is 1. The maximum Gasteiger partial charge on any atom is 0.251 e. The summed E-state index contributed by atoms with van der Waals surface area (Å²) in [7, 11) is 1.63. The van der Waals surface area contributed by atoms with Crippen LogP contribution in [0.3, 0.4) is 0 Å². The molecule has 0 fully saturated rings. The predicted octanol–water partition coefficient (Wildman–Crippen LogP) is 5.70. The van der Waals surface area contributed by atoms with E-state index < -0.39 is 0 Å². The molecule has 4 aromatic rings. The molecule has 1 unspecified atom stereocenters. The van der Waals surface area contributed by atoms with Crippen molar-refractivity contribution in [3.63, 3.8) is 0 Å². The number of aryl methyl sites for hydroxylation is 1. The summed E-state index contributed by atoms with van der Waals surface area (Å²) < 4.78 is 5.27. The molecule has 1 atom stereocenters. The Hall–Kier alpha value is -4.19. The van der Waals surface area contributed by atoms with E-state index in [1.54, 1.807) is 25.4 Å². The second kappa shape index (κ2) is 9.96. The molecule has 0 saturated carbocycles. The van der Waals surface area contributed by atoms with E-state index in [1.807, 2.05) is 80.6 Å². The number of nitrogens with one attached hydrogen (secondary N) is 2. The van der Waals surface area contributed by atoms with Gasteiger partial charge < -0.3 is 15.4 Å². The molecule has 0 aliphatic rings. The predicted molar refractivity (Wildman–Crippen MR) is 131 cm³/mol. The SMILES string of the molecule is COc1cccc(C(C)NC(=O)c2ccc(Nc3ccnc(-c4ccc(C)cc4)n3)cc2)c1. The molecule has 0 aliphatic heterocycles. The fraction of sp³-hybridized carbons (Fsp3) is 0.148. The Kier molecular flexibility index (Phi) is 6.64. The molecule has 6 heteroatoms. The molecule has 166 valence electrons.